The quantitative estimate of drug-likeness (QED) is 0.652. The van der Waals surface area contributed by atoms with Crippen molar-refractivity contribution in [2.75, 3.05) is 0 Å². The van der Waals surface area contributed by atoms with Crippen LogP contribution in [0.2, 0.25) is 0 Å². The zero-order valence-electron chi connectivity index (χ0n) is 11.0. The highest BCUT2D eigenvalue weighted by Gasteiger charge is 2.33. The maximum Gasteiger partial charge on any atom is 0.417 e. The van der Waals surface area contributed by atoms with E-state index in [4.69, 9.17) is 0 Å². The van der Waals surface area contributed by atoms with Gasteiger partial charge in [-0.25, -0.2) is 0 Å². The summed E-state index contributed by atoms with van der Waals surface area (Å²) in [6, 6.07) is 4.46. The first-order valence-electron chi connectivity index (χ1n) is 5.93. The van der Waals surface area contributed by atoms with Crippen LogP contribution >= 0.6 is 15.9 Å². The van der Waals surface area contributed by atoms with Crippen LogP contribution < -0.4 is 0 Å². The number of hydrogen-bond donors (Lipinski definition) is 0. The van der Waals surface area contributed by atoms with Crippen LogP contribution in [0.5, 0.6) is 0 Å². The molecule has 0 radical (unpaired) electrons. The van der Waals surface area contributed by atoms with Crippen molar-refractivity contribution in [3.63, 3.8) is 0 Å². The Labute approximate surface area is 118 Å². The Kier molecular flexibility index (Phi) is 3.45. The van der Waals surface area contributed by atoms with Gasteiger partial charge >= 0.3 is 6.18 Å². The van der Waals surface area contributed by atoms with Crippen molar-refractivity contribution in [3.05, 3.63) is 34.4 Å². The van der Waals surface area contributed by atoms with E-state index in [1.165, 1.54) is 6.07 Å². The van der Waals surface area contributed by atoms with Gasteiger partial charge in [0.15, 0.2) is 0 Å². The molecule has 0 atom stereocenters. The highest BCUT2D eigenvalue weighted by Crippen LogP contribution is 2.37. The molecule has 0 aliphatic carbocycles. The minimum Gasteiger partial charge on any atom is -0.347 e. The van der Waals surface area contributed by atoms with Gasteiger partial charge in [-0.2, -0.15) is 13.2 Å². The summed E-state index contributed by atoms with van der Waals surface area (Å²) in [5, 5.41) is 0.611. The fourth-order valence-electron chi connectivity index (χ4n) is 2.08. The molecule has 0 saturated heterocycles. The molecule has 0 unspecified atom stereocenters. The maximum absolute atomic E-state index is 12.8. The van der Waals surface area contributed by atoms with E-state index in [0.29, 0.717) is 5.39 Å². The average Bonchev–Trinajstić information content (AvgIpc) is 2.56. The van der Waals surface area contributed by atoms with Crippen LogP contribution in [-0.4, -0.2) is 4.57 Å². The predicted octanol–water partition coefficient (Wildman–Crippen LogP) is 5.47. The van der Waals surface area contributed by atoms with Crippen LogP contribution in [0.3, 0.4) is 0 Å². The summed E-state index contributed by atoms with van der Waals surface area (Å²) >= 11 is 3.02. The molecule has 19 heavy (non-hydrogen) atoms. The Morgan fingerprint density at radius 2 is 1.79 bits per heavy atom. The van der Waals surface area contributed by atoms with Gasteiger partial charge in [0.25, 0.3) is 0 Å². The highest BCUT2D eigenvalue weighted by atomic mass is 79.9. The van der Waals surface area contributed by atoms with Crippen molar-refractivity contribution in [2.24, 2.45) is 5.41 Å². The molecule has 1 nitrogen and oxygen atoms in total. The minimum atomic E-state index is -4.33. The smallest absolute Gasteiger partial charge is 0.347 e. The number of benzene rings is 1. The molecule has 104 valence electrons. The largest absolute Gasteiger partial charge is 0.417 e. The summed E-state index contributed by atoms with van der Waals surface area (Å²) in [6.45, 7) is 7.04. The number of fused-ring (bicyclic) bond motifs is 1. The monoisotopic (exact) mass is 333 g/mol. The first-order chi connectivity index (χ1) is 8.58. The van der Waals surface area contributed by atoms with E-state index in [0.717, 1.165) is 12.1 Å². The summed E-state index contributed by atoms with van der Waals surface area (Å²) < 4.78 is 40.5. The molecule has 2 rings (SSSR count). The van der Waals surface area contributed by atoms with Gasteiger partial charge in [0.1, 0.15) is 0 Å². The molecule has 1 aromatic heterocycles. The van der Waals surface area contributed by atoms with Crippen LogP contribution in [-0.2, 0) is 12.7 Å². The van der Waals surface area contributed by atoms with Gasteiger partial charge in [0.2, 0.25) is 0 Å². The minimum absolute atomic E-state index is 0.0706. The molecule has 0 spiro atoms. The van der Waals surface area contributed by atoms with Gasteiger partial charge in [-0.3, -0.25) is 0 Å². The van der Waals surface area contributed by atoms with Crippen molar-refractivity contribution in [1.82, 2.24) is 4.57 Å². The molecule has 0 amide bonds. The maximum atomic E-state index is 12.8. The number of alkyl halides is 3. The second-order valence-corrected chi connectivity index (χ2v) is 6.75. The molecule has 2 aromatic rings. The first-order valence-corrected chi connectivity index (χ1v) is 6.73. The zero-order chi connectivity index (χ0) is 14.4. The number of aromatic nitrogens is 1. The Hall–Kier alpha value is -0.970. The number of hydrogen-bond acceptors (Lipinski definition) is 0. The fraction of sp³-hybridized carbons (Fsp3) is 0.429. The van der Waals surface area contributed by atoms with E-state index in [9.17, 15) is 13.2 Å². The van der Waals surface area contributed by atoms with E-state index in [1.54, 1.807) is 12.1 Å². The van der Waals surface area contributed by atoms with Crippen LogP contribution in [0.4, 0.5) is 13.2 Å². The third kappa shape index (κ3) is 3.14. The molecule has 1 heterocycles. The fourth-order valence-corrected chi connectivity index (χ4v) is 2.63. The lowest BCUT2D eigenvalue weighted by atomic mass is 9.97. The van der Waals surface area contributed by atoms with Gasteiger partial charge in [0.05, 0.1) is 5.56 Å². The van der Waals surface area contributed by atoms with Gasteiger partial charge in [-0.05, 0) is 23.6 Å². The Morgan fingerprint density at radius 1 is 1.16 bits per heavy atom. The summed E-state index contributed by atoms with van der Waals surface area (Å²) in [5.74, 6) is 0. The molecular weight excluding hydrogens is 319 g/mol. The van der Waals surface area contributed by atoms with E-state index in [1.807, 2.05) is 10.8 Å². The van der Waals surface area contributed by atoms with Gasteiger partial charge in [-0.15, -0.1) is 0 Å². The van der Waals surface area contributed by atoms with E-state index >= 15 is 0 Å². The zero-order valence-corrected chi connectivity index (χ0v) is 12.6. The lowest BCUT2D eigenvalue weighted by molar-refractivity contribution is -0.138. The van der Waals surface area contributed by atoms with E-state index in [-0.39, 0.29) is 9.89 Å². The van der Waals surface area contributed by atoms with Gasteiger partial charge in [-0.1, -0.05) is 36.7 Å². The first kappa shape index (κ1) is 14.4. The molecular formula is C14H15BrF3N. The van der Waals surface area contributed by atoms with E-state index < -0.39 is 11.7 Å². The number of nitrogens with zero attached hydrogens (tertiary/aromatic N) is 1. The third-order valence-corrected chi connectivity index (χ3v) is 3.47. The molecule has 0 N–H and O–H groups in total. The number of halogens is 4. The van der Waals surface area contributed by atoms with Crippen molar-refractivity contribution >= 4 is 26.8 Å². The number of rotatable bonds is 1. The predicted molar refractivity (Wildman–Crippen MR) is 74.1 cm³/mol. The Morgan fingerprint density at radius 3 is 2.32 bits per heavy atom. The molecule has 0 aliphatic rings. The standard InChI is InChI=1S/C14H15BrF3N/c1-13(2,3)8-19-5-4-9-6-10(14(16,17)18)11(15)7-12(9)19/h4-7H,8H2,1-3H3. The van der Waals surface area contributed by atoms with Crippen LogP contribution in [0.25, 0.3) is 10.9 Å². The molecule has 5 heteroatoms. The van der Waals surface area contributed by atoms with Crippen molar-refractivity contribution in [1.29, 1.82) is 0 Å². The third-order valence-electron chi connectivity index (χ3n) is 2.81. The summed E-state index contributed by atoms with van der Waals surface area (Å²) in [4.78, 5) is 0. The van der Waals surface area contributed by atoms with Crippen LogP contribution in [0.1, 0.15) is 26.3 Å². The lowest BCUT2D eigenvalue weighted by Gasteiger charge is -2.20. The summed E-state index contributed by atoms with van der Waals surface area (Å²) in [7, 11) is 0. The van der Waals surface area contributed by atoms with E-state index in [2.05, 4.69) is 36.7 Å². The normalized spacial score (nSPS) is 13.2. The van der Waals surface area contributed by atoms with Crippen LogP contribution in [0.15, 0.2) is 28.9 Å². The molecule has 1 aromatic carbocycles. The molecule has 0 bridgehead atoms. The molecule has 0 fully saturated rings. The second kappa shape index (κ2) is 4.54. The topological polar surface area (TPSA) is 4.93 Å². The molecule has 0 aliphatic heterocycles. The SMILES string of the molecule is CC(C)(C)Cn1ccc2cc(C(F)(F)F)c(Br)cc21. The van der Waals surface area contributed by atoms with Crippen LogP contribution in [0, 0.1) is 5.41 Å². The lowest BCUT2D eigenvalue weighted by Crippen LogP contribution is -2.14. The second-order valence-electron chi connectivity index (χ2n) is 5.89. The van der Waals surface area contributed by atoms with Gasteiger partial charge < -0.3 is 4.57 Å². The Balaban J connectivity index is 2.55. The highest BCUT2D eigenvalue weighted by molar-refractivity contribution is 9.10. The summed E-state index contributed by atoms with van der Waals surface area (Å²) in [5.41, 5.74) is 0.254. The van der Waals surface area contributed by atoms with Crippen molar-refractivity contribution in [3.8, 4) is 0 Å². The Bertz CT molecular complexity index is 605. The van der Waals surface area contributed by atoms with Gasteiger partial charge in [0, 0.05) is 28.1 Å². The van der Waals surface area contributed by atoms with Crippen molar-refractivity contribution in [2.45, 2.75) is 33.5 Å². The van der Waals surface area contributed by atoms with Crippen molar-refractivity contribution < 1.29 is 13.2 Å². The molecule has 0 saturated carbocycles. The summed E-state index contributed by atoms with van der Waals surface area (Å²) in [6.07, 6.45) is -2.50. The average molecular weight is 334 g/mol.